The Morgan fingerprint density at radius 1 is 1.44 bits per heavy atom. The molecular formula is C12H13ClN4O. The average Bonchev–Trinajstić information content (AvgIpc) is 2.69. The van der Waals surface area contributed by atoms with Gasteiger partial charge in [0.25, 0.3) is 0 Å². The van der Waals surface area contributed by atoms with Crippen molar-refractivity contribution in [3.8, 4) is 5.69 Å². The molecule has 0 saturated carbocycles. The molecule has 0 fully saturated rings. The second kappa shape index (κ2) is 4.70. The van der Waals surface area contributed by atoms with Crippen LogP contribution >= 0.6 is 11.6 Å². The van der Waals surface area contributed by atoms with Crippen LogP contribution in [0.3, 0.4) is 0 Å². The number of nitrogens with two attached hydrogens (primary N) is 1. The van der Waals surface area contributed by atoms with Crippen LogP contribution in [-0.2, 0) is 0 Å². The molecule has 1 aromatic carbocycles. The third-order valence-corrected chi connectivity index (χ3v) is 3.17. The zero-order valence-corrected chi connectivity index (χ0v) is 10.8. The first kappa shape index (κ1) is 12.4. The average molecular weight is 265 g/mol. The number of halogens is 1. The minimum Gasteiger partial charge on any atom is -0.409 e. The lowest BCUT2D eigenvalue weighted by Gasteiger charge is -2.09. The number of imidazole rings is 1. The summed E-state index contributed by atoms with van der Waals surface area (Å²) in [6.45, 7) is 3.90. The van der Waals surface area contributed by atoms with Crippen molar-refractivity contribution in [1.29, 1.82) is 0 Å². The Bertz CT molecular complexity index is 619. The van der Waals surface area contributed by atoms with E-state index in [9.17, 15) is 0 Å². The Morgan fingerprint density at radius 2 is 2.17 bits per heavy atom. The normalized spacial score (nSPS) is 11.8. The van der Waals surface area contributed by atoms with Gasteiger partial charge in [0.05, 0.1) is 22.7 Å². The maximum absolute atomic E-state index is 8.62. The largest absolute Gasteiger partial charge is 0.409 e. The zero-order chi connectivity index (χ0) is 13.3. The van der Waals surface area contributed by atoms with Crippen molar-refractivity contribution in [2.75, 3.05) is 0 Å². The lowest BCUT2D eigenvalue weighted by Crippen LogP contribution is -2.13. The van der Waals surface area contributed by atoms with Gasteiger partial charge in [-0.05, 0) is 32.0 Å². The summed E-state index contributed by atoms with van der Waals surface area (Å²) in [5, 5.41) is 12.1. The highest BCUT2D eigenvalue weighted by atomic mass is 35.5. The topological polar surface area (TPSA) is 76.4 Å². The second-order valence-corrected chi connectivity index (χ2v) is 4.34. The Kier molecular flexibility index (Phi) is 3.25. The van der Waals surface area contributed by atoms with Crippen LogP contribution in [0.15, 0.2) is 29.7 Å². The van der Waals surface area contributed by atoms with Gasteiger partial charge < -0.3 is 15.5 Å². The molecule has 0 bridgehead atoms. The maximum Gasteiger partial charge on any atom is 0.170 e. The van der Waals surface area contributed by atoms with Gasteiger partial charge >= 0.3 is 0 Å². The van der Waals surface area contributed by atoms with Crippen LogP contribution in [0.1, 0.15) is 17.0 Å². The molecule has 1 heterocycles. The SMILES string of the molecule is Cc1ncn(-c2ccc(C(N)=NO)cc2Cl)c1C. The van der Waals surface area contributed by atoms with Crippen LogP contribution in [-0.4, -0.2) is 20.6 Å². The monoisotopic (exact) mass is 264 g/mol. The number of hydrogen-bond acceptors (Lipinski definition) is 3. The summed E-state index contributed by atoms with van der Waals surface area (Å²) in [7, 11) is 0. The molecule has 0 saturated heterocycles. The predicted octanol–water partition coefficient (Wildman–Crippen LogP) is 2.24. The summed E-state index contributed by atoms with van der Waals surface area (Å²) in [6, 6.07) is 5.20. The minimum atomic E-state index is 0.0296. The van der Waals surface area contributed by atoms with Gasteiger partial charge in [0.1, 0.15) is 0 Å². The summed E-state index contributed by atoms with van der Waals surface area (Å²) in [5.74, 6) is 0.0296. The van der Waals surface area contributed by atoms with Crippen LogP contribution in [0.5, 0.6) is 0 Å². The lowest BCUT2D eigenvalue weighted by molar-refractivity contribution is 0.318. The number of aryl methyl sites for hydroxylation is 1. The summed E-state index contributed by atoms with van der Waals surface area (Å²) in [4.78, 5) is 4.22. The predicted molar refractivity (Wildman–Crippen MR) is 70.6 cm³/mol. The summed E-state index contributed by atoms with van der Waals surface area (Å²) in [6.07, 6.45) is 1.72. The van der Waals surface area contributed by atoms with Gasteiger partial charge in [0, 0.05) is 11.3 Å². The van der Waals surface area contributed by atoms with Crippen LogP contribution in [0, 0.1) is 13.8 Å². The molecule has 5 nitrogen and oxygen atoms in total. The van der Waals surface area contributed by atoms with Crippen LogP contribution in [0.25, 0.3) is 5.69 Å². The first-order chi connectivity index (χ1) is 8.54. The van der Waals surface area contributed by atoms with Crippen molar-refractivity contribution in [3.63, 3.8) is 0 Å². The Morgan fingerprint density at radius 3 is 2.67 bits per heavy atom. The van der Waals surface area contributed by atoms with E-state index in [1.165, 1.54) is 0 Å². The minimum absolute atomic E-state index is 0.0296. The van der Waals surface area contributed by atoms with Crippen molar-refractivity contribution < 1.29 is 5.21 Å². The Hall–Kier alpha value is -2.01. The highest BCUT2D eigenvalue weighted by molar-refractivity contribution is 6.32. The molecule has 0 spiro atoms. The number of nitrogens with zero attached hydrogens (tertiary/aromatic N) is 3. The first-order valence-corrected chi connectivity index (χ1v) is 5.70. The number of amidine groups is 1. The van der Waals surface area contributed by atoms with Crippen LogP contribution in [0.2, 0.25) is 5.02 Å². The van der Waals surface area contributed by atoms with E-state index in [-0.39, 0.29) is 5.84 Å². The summed E-state index contributed by atoms with van der Waals surface area (Å²) in [5.41, 5.74) is 8.86. The molecule has 2 rings (SSSR count). The number of oxime groups is 1. The first-order valence-electron chi connectivity index (χ1n) is 5.33. The number of aromatic nitrogens is 2. The second-order valence-electron chi connectivity index (χ2n) is 3.94. The number of benzene rings is 1. The Balaban J connectivity index is 2.51. The van der Waals surface area contributed by atoms with Gasteiger partial charge in [0.15, 0.2) is 5.84 Å². The van der Waals surface area contributed by atoms with E-state index < -0.39 is 0 Å². The maximum atomic E-state index is 8.62. The molecule has 0 amide bonds. The highest BCUT2D eigenvalue weighted by Crippen LogP contribution is 2.24. The van der Waals surface area contributed by atoms with Gasteiger partial charge in [-0.15, -0.1) is 0 Å². The summed E-state index contributed by atoms with van der Waals surface area (Å²) < 4.78 is 1.90. The van der Waals surface area contributed by atoms with Gasteiger partial charge in [-0.25, -0.2) is 4.98 Å². The standard InChI is InChI=1S/C12H13ClN4O/c1-7-8(2)17(6-15-7)11-4-3-9(5-10(11)13)12(14)16-18/h3-6,18H,1-2H3,(H2,14,16). The molecule has 0 aliphatic rings. The van der Waals surface area contributed by atoms with Crippen molar-refractivity contribution in [3.05, 3.63) is 46.5 Å². The van der Waals surface area contributed by atoms with E-state index in [4.69, 9.17) is 22.5 Å². The molecule has 2 aromatic rings. The summed E-state index contributed by atoms with van der Waals surface area (Å²) >= 11 is 6.21. The fourth-order valence-electron chi connectivity index (χ4n) is 1.66. The molecule has 6 heteroatoms. The lowest BCUT2D eigenvalue weighted by atomic mass is 10.2. The van der Waals surface area contributed by atoms with E-state index in [1.54, 1.807) is 18.5 Å². The van der Waals surface area contributed by atoms with Crippen molar-refractivity contribution in [1.82, 2.24) is 9.55 Å². The molecule has 3 N–H and O–H groups in total. The van der Waals surface area contributed by atoms with Gasteiger partial charge in [0.2, 0.25) is 0 Å². The van der Waals surface area contributed by atoms with E-state index in [1.807, 2.05) is 24.5 Å². The molecular weight excluding hydrogens is 252 g/mol. The molecule has 1 aromatic heterocycles. The molecule has 0 aliphatic carbocycles. The zero-order valence-electron chi connectivity index (χ0n) is 10.1. The van der Waals surface area contributed by atoms with Crippen molar-refractivity contribution in [2.45, 2.75) is 13.8 Å². The van der Waals surface area contributed by atoms with Gasteiger partial charge in [-0.2, -0.15) is 0 Å². The van der Waals surface area contributed by atoms with Crippen LogP contribution < -0.4 is 5.73 Å². The smallest absolute Gasteiger partial charge is 0.170 e. The van der Waals surface area contributed by atoms with Crippen molar-refractivity contribution in [2.24, 2.45) is 10.9 Å². The number of rotatable bonds is 2. The van der Waals surface area contributed by atoms with E-state index >= 15 is 0 Å². The van der Waals surface area contributed by atoms with Crippen LogP contribution in [0.4, 0.5) is 0 Å². The van der Waals surface area contributed by atoms with Gasteiger partial charge in [-0.1, -0.05) is 16.8 Å². The van der Waals surface area contributed by atoms with Crippen molar-refractivity contribution >= 4 is 17.4 Å². The molecule has 94 valence electrons. The quantitative estimate of drug-likeness (QED) is 0.378. The number of hydrogen-bond donors (Lipinski definition) is 2. The molecule has 0 unspecified atom stereocenters. The molecule has 0 atom stereocenters. The molecule has 0 radical (unpaired) electrons. The third kappa shape index (κ3) is 2.04. The fraction of sp³-hybridized carbons (Fsp3) is 0.167. The van der Waals surface area contributed by atoms with E-state index in [2.05, 4.69) is 10.1 Å². The molecule has 0 aliphatic heterocycles. The molecule has 18 heavy (non-hydrogen) atoms. The fourth-order valence-corrected chi connectivity index (χ4v) is 1.93. The highest BCUT2D eigenvalue weighted by Gasteiger charge is 2.10. The Labute approximate surface area is 110 Å². The van der Waals surface area contributed by atoms with Gasteiger partial charge in [-0.3, -0.25) is 0 Å². The third-order valence-electron chi connectivity index (χ3n) is 2.86. The van der Waals surface area contributed by atoms with E-state index in [0.29, 0.717) is 10.6 Å². The van der Waals surface area contributed by atoms with E-state index in [0.717, 1.165) is 17.1 Å².